The van der Waals surface area contributed by atoms with Crippen molar-refractivity contribution in [1.29, 1.82) is 0 Å². The van der Waals surface area contributed by atoms with E-state index in [-0.39, 0.29) is 17.2 Å². The number of nitrogens with zero attached hydrogens (tertiary/aromatic N) is 3. The Morgan fingerprint density at radius 1 is 1.03 bits per heavy atom. The number of para-hydroxylation sites is 1. The minimum Gasteiger partial charge on any atom is -0.272 e. The number of aromatic nitrogens is 2. The first-order valence-corrected chi connectivity index (χ1v) is 10.8. The van der Waals surface area contributed by atoms with Crippen LogP contribution in [0.25, 0.3) is 16.6 Å². The first-order chi connectivity index (χ1) is 15.1. The zero-order valence-corrected chi connectivity index (χ0v) is 17.8. The summed E-state index contributed by atoms with van der Waals surface area (Å²) >= 11 is 7.16. The van der Waals surface area contributed by atoms with Crippen molar-refractivity contribution in [2.75, 3.05) is 5.75 Å². The van der Waals surface area contributed by atoms with E-state index in [0.717, 1.165) is 17.3 Å². The van der Waals surface area contributed by atoms with Gasteiger partial charge in [-0.05, 0) is 42.0 Å². The van der Waals surface area contributed by atoms with Crippen LogP contribution >= 0.6 is 23.4 Å². The van der Waals surface area contributed by atoms with Gasteiger partial charge >= 0.3 is 0 Å². The molecule has 1 heterocycles. The van der Waals surface area contributed by atoms with Gasteiger partial charge in [-0.3, -0.25) is 14.2 Å². The van der Waals surface area contributed by atoms with E-state index in [0.29, 0.717) is 26.8 Å². The highest BCUT2D eigenvalue weighted by atomic mass is 35.5. The Hall–Kier alpha value is -3.42. The van der Waals surface area contributed by atoms with Gasteiger partial charge in [-0.1, -0.05) is 65.8 Å². The lowest BCUT2D eigenvalue weighted by Crippen LogP contribution is -2.24. The molecule has 0 saturated carbocycles. The predicted octanol–water partition coefficient (Wildman–Crippen LogP) is 4.28. The van der Waals surface area contributed by atoms with Crippen molar-refractivity contribution in [2.45, 2.75) is 5.16 Å². The van der Waals surface area contributed by atoms with Crippen LogP contribution < -0.4 is 11.0 Å². The second-order valence-electron chi connectivity index (χ2n) is 6.52. The summed E-state index contributed by atoms with van der Waals surface area (Å²) in [5.41, 5.74) is 4.36. The zero-order chi connectivity index (χ0) is 21.6. The van der Waals surface area contributed by atoms with Crippen LogP contribution in [0.1, 0.15) is 5.56 Å². The summed E-state index contributed by atoms with van der Waals surface area (Å²) in [5.74, 6) is -0.257. The highest BCUT2D eigenvalue weighted by Gasteiger charge is 2.14. The predicted molar refractivity (Wildman–Crippen MR) is 125 cm³/mol. The fourth-order valence-corrected chi connectivity index (χ4v) is 3.84. The van der Waals surface area contributed by atoms with Gasteiger partial charge in [-0.25, -0.2) is 10.4 Å². The number of thioether (sulfide) groups is 1. The summed E-state index contributed by atoms with van der Waals surface area (Å²) in [4.78, 5) is 30.0. The zero-order valence-electron chi connectivity index (χ0n) is 16.2. The summed E-state index contributed by atoms with van der Waals surface area (Å²) in [6, 6.07) is 23.5. The van der Waals surface area contributed by atoms with Crippen LogP contribution in [0, 0.1) is 0 Å². The van der Waals surface area contributed by atoms with Crippen LogP contribution in [0.2, 0.25) is 5.02 Å². The van der Waals surface area contributed by atoms with Gasteiger partial charge in [0.15, 0.2) is 5.16 Å². The number of rotatable bonds is 6. The number of hydrogen-bond acceptors (Lipinski definition) is 5. The molecule has 4 aromatic rings. The number of nitrogens with one attached hydrogen (secondary N) is 1. The highest BCUT2D eigenvalue weighted by Crippen LogP contribution is 2.22. The number of fused-ring (bicyclic) bond motifs is 1. The minimum absolute atomic E-state index is 0.0461. The molecule has 1 aromatic heterocycles. The monoisotopic (exact) mass is 448 g/mol. The van der Waals surface area contributed by atoms with Gasteiger partial charge < -0.3 is 0 Å². The molecule has 1 N–H and O–H groups in total. The van der Waals surface area contributed by atoms with E-state index in [9.17, 15) is 9.59 Å². The molecule has 8 heteroatoms. The number of benzene rings is 3. The molecule has 0 atom stereocenters. The van der Waals surface area contributed by atoms with Gasteiger partial charge in [-0.15, -0.1) is 0 Å². The fourth-order valence-electron chi connectivity index (χ4n) is 2.91. The van der Waals surface area contributed by atoms with E-state index < -0.39 is 0 Å². The van der Waals surface area contributed by atoms with E-state index in [4.69, 9.17) is 11.6 Å². The van der Waals surface area contributed by atoms with Crippen LogP contribution in [0.15, 0.2) is 93.9 Å². The summed E-state index contributed by atoms with van der Waals surface area (Å²) in [5, 5.41) is 5.44. The molecule has 6 nitrogen and oxygen atoms in total. The molecule has 0 fully saturated rings. The molecular formula is C23H17ClN4O2S. The maximum atomic E-state index is 13.2. The summed E-state index contributed by atoms with van der Waals surface area (Å²) in [7, 11) is 0. The van der Waals surface area contributed by atoms with E-state index in [2.05, 4.69) is 15.5 Å². The molecule has 0 unspecified atom stereocenters. The smallest absolute Gasteiger partial charge is 0.266 e. The van der Waals surface area contributed by atoms with Gasteiger partial charge in [0, 0.05) is 5.02 Å². The molecule has 0 bridgehead atoms. The Bertz CT molecular complexity index is 1300. The highest BCUT2D eigenvalue weighted by molar-refractivity contribution is 7.99. The molecule has 154 valence electrons. The van der Waals surface area contributed by atoms with E-state index >= 15 is 0 Å². The molecule has 0 spiro atoms. The van der Waals surface area contributed by atoms with Crippen molar-refractivity contribution in [1.82, 2.24) is 15.0 Å². The fraction of sp³-hybridized carbons (Fsp3) is 0.0435. The molecule has 4 rings (SSSR count). The SMILES string of the molecule is O=C(CSc1nc2ccccc2c(=O)n1-c1ccc(Cl)cc1)N/N=C\c1ccccc1. The average Bonchev–Trinajstić information content (AvgIpc) is 2.79. The standard InChI is InChI=1S/C23H17ClN4O2S/c24-17-10-12-18(13-11-17)28-22(30)19-8-4-5-9-20(19)26-23(28)31-15-21(29)27-25-14-16-6-2-1-3-7-16/h1-14H,15H2,(H,27,29)/b25-14-. The molecule has 1 amide bonds. The van der Waals surface area contributed by atoms with E-state index in [1.165, 1.54) is 4.57 Å². The van der Waals surface area contributed by atoms with Crippen molar-refractivity contribution in [3.8, 4) is 5.69 Å². The van der Waals surface area contributed by atoms with Crippen molar-refractivity contribution in [2.24, 2.45) is 5.10 Å². The number of carbonyl (C=O) groups is 1. The van der Waals surface area contributed by atoms with Crippen LogP contribution in [0.3, 0.4) is 0 Å². The van der Waals surface area contributed by atoms with Crippen LogP contribution in [-0.4, -0.2) is 27.4 Å². The van der Waals surface area contributed by atoms with Crippen molar-refractivity contribution >= 4 is 46.4 Å². The average molecular weight is 449 g/mol. The molecule has 0 aliphatic heterocycles. The third kappa shape index (κ3) is 5.02. The van der Waals surface area contributed by atoms with Crippen molar-refractivity contribution in [3.05, 3.63) is 99.8 Å². The maximum absolute atomic E-state index is 13.2. The van der Waals surface area contributed by atoms with Gasteiger partial charge in [0.2, 0.25) is 0 Å². The molecule has 0 aliphatic rings. The topological polar surface area (TPSA) is 76.3 Å². The van der Waals surface area contributed by atoms with Crippen LogP contribution in [-0.2, 0) is 4.79 Å². The van der Waals surface area contributed by atoms with E-state index in [1.54, 1.807) is 48.7 Å². The quantitative estimate of drug-likeness (QED) is 0.207. The van der Waals surface area contributed by atoms with Gasteiger partial charge in [0.25, 0.3) is 11.5 Å². The minimum atomic E-state index is -0.303. The molecule has 31 heavy (non-hydrogen) atoms. The first-order valence-electron chi connectivity index (χ1n) is 9.39. The summed E-state index contributed by atoms with van der Waals surface area (Å²) < 4.78 is 1.49. The molecule has 0 aliphatic carbocycles. The Balaban J connectivity index is 1.58. The molecule has 3 aromatic carbocycles. The lowest BCUT2D eigenvalue weighted by molar-refractivity contribution is -0.118. The third-order valence-electron chi connectivity index (χ3n) is 4.36. The van der Waals surface area contributed by atoms with Crippen LogP contribution in [0.4, 0.5) is 0 Å². The third-order valence-corrected chi connectivity index (χ3v) is 5.56. The molecule has 0 radical (unpaired) electrons. The maximum Gasteiger partial charge on any atom is 0.266 e. The van der Waals surface area contributed by atoms with Crippen molar-refractivity contribution < 1.29 is 4.79 Å². The Morgan fingerprint density at radius 3 is 2.52 bits per heavy atom. The summed E-state index contributed by atoms with van der Waals surface area (Å²) in [6.07, 6.45) is 1.57. The normalized spacial score (nSPS) is 11.1. The Kier molecular flexibility index (Phi) is 6.45. The first kappa shape index (κ1) is 20.8. The second-order valence-corrected chi connectivity index (χ2v) is 7.90. The Morgan fingerprint density at radius 2 is 1.74 bits per heavy atom. The number of carbonyl (C=O) groups excluding carboxylic acids is 1. The van der Waals surface area contributed by atoms with Gasteiger partial charge in [0.1, 0.15) is 0 Å². The molecular weight excluding hydrogens is 432 g/mol. The lowest BCUT2D eigenvalue weighted by atomic mass is 10.2. The number of hydrazone groups is 1. The molecule has 0 saturated heterocycles. The van der Waals surface area contributed by atoms with Gasteiger partial charge in [-0.2, -0.15) is 5.10 Å². The van der Waals surface area contributed by atoms with E-state index in [1.807, 2.05) is 36.4 Å². The lowest BCUT2D eigenvalue weighted by Gasteiger charge is -2.13. The largest absolute Gasteiger partial charge is 0.272 e. The van der Waals surface area contributed by atoms with Crippen molar-refractivity contribution in [3.63, 3.8) is 0 Å². The second kappa shape index (κ2) is 9.59. The number of amides is 1. The Labute approximate surface area is 187 Å². The van der Waals surface area contributed by atoms with Gasteiger partial charge in [0.05, 0.1) is 28.6 Å². The number of hydrogen-bond donors (Lipinski definition) is 1. The van der Waals surface area contributed by atoms with Crippen LogP contribution in [0.5, 0.6) is 0 Å². The summed E-state index contributed by atoms with van der Waals surface area (Å²) in [6.45, 7) is 0. The number of halogens is 1.